The van der Waals surface area contributed by atoms with Gasteiger partial charge in [0, 0.05) is 37.5 Å². The Hall–Kier alpha value is -2.01. The lowest BCUT2D eigenvalue weighted by atomic mass is 10.1. The molecule has 0 spiro atoms. The van der Waals surface area contributed by atoms with Crippen LogP contribution in [0.5, 0.6) is 5.75 Å². The average Bonchev–Trinajstić information content (AvgIpc) is 2.99. The van der Waals surface area contributed by atoms with E-state index < -0.39 is 0 Å². The molecule has 0 unspecified atom stereocenters. The first-order valence-corrected chi connectivity index (χ1v) is 7.77. The largest absolute Gasteiger partial charge is 0.496 e. The van der Waals surface area contributed by atoms with E-state index in [2.05, 4.69) is 29.5 Å². The Kier molecular flexibility index (Phi) is 6.27. The van der Waals surface area contributed by atoms with Crippen LogP contribution in [0.25, 0.3) is 0 Å². The van der Waals surface area contributed by atoms with Crippen LogP contribution in [0.15, 0.2) is 30.5 Å². The van der Waals surface area contributed by atoms with Crippen molar-refractivity contribution in [3.8, 4) is 5.75 Å². The Bertz CT molecular complexity index is 581. The fourth-order valence-corrected chi connectivity index (χ4v) is 2.27. The van der Waals surface area contributed by atoms with E-state index in [1.54, 1.807) is 7.11 Å². The molecule has 0 aliphatic rings. The van der Waals surface area contributed by atoms with Gasteiger partial charge in [-0.2, -0.15) is 5.10 Å². The number of benzene rings is 1. The lowest BCUT2D eigenvalue weighted by Gasteiger charge is -2.11. The van der Waals surface area contributed by atoms with E-state index in [1.165, 1.54) is 5.56 Å². The maximum absolute atomic E-state index is 5.49. The number of nitrogens with one attached hydrogen (secondary N) is 1. The third kappa shape index (κ3) is 4.49. The van der Waals surface area contributed by atoms with Gasteiger partial charge in [-0.25, -0.2) is 0 Å². The van der Waals surface area contributed by atoms with Crippen molar-refractivity contribution in [1.29, 1.82) is 0 Å². The molecular formula is C17H25N3O2. The van der Waals surface area contributed by atoms with Gasteiger partial charge in [-0.3, -0.25) is 4.68 Å². The summed E-state index contributed by atoms with van der Waals surface area (Å²) in [6, 6.07) is 8.16. The molecule has 1 heterocycles. The SMILES string of the molecule is CCCn1ccc(NCc2ccc(OC)c(COCC)c2)n1. The van der Waals surface area contributed by atoms with Crippen molar-refractivity contribution in [2.45, 2.75) is 40.0 Å². The molecule has 2 aromatic rings. The predicted octanol–water partition coefficient (Wildman–Crippen LogP) is 3.45. The van der Waals surface area contributed by atoms with Gasteiger partial charge in [0.15, 0.2) is 0 Å². The van der Waals surface area contributed by atoms with Crippen LogP contribution < -0.4 is 10.1 Å². The molecule has 2 rings (SSSR count). The minimum absolute atomic E-state index is 0.568. The minimum atomic E-state index is 0.568. The van der Waals surface area contributed by atoms with Crippen molar-refractivity contribution in [3.05, 3.63) is 41.6 Å². The van der Waals surface area contributed by atoms with Crippen molar-refractivity contribution >= 4 is 5.82 Å². The quantitative estimate of drug-likeness (QED) is 0.771. The molecule has 1 aromatic carbocycles. The highest BCUT2D eigenvalue weighted by atomic mass is 16.5. The molecule has 120 valence electrons. The van der Waals surface area contributed by atoms with Crippen LogP contribution in [0.1, 0.15) is 31.4 Å². The fourth-order valence-electron chi connectivity index (χ4n) is 2.27. The third-order valence-corrected chi connectivity index (χ3v) is 3.37. The van der Waals surface area contributed by atoms with Crippen LogP contribution >= 0.6 is 0 Å². The maximum atomic E-state index is 5.49. The first kappa shape index (κ1) is 16.4. The van der Waals surface area contributed by atoms with Gasteiger partial charge >= 0.3 is 0 Å². The van der Waals surface area contributed by atoms with Crippen molar-refractivity contribution in [2.75, 3.05) is 19.0 Å². The van der Waals surface area contributed by atoms with Crippen LogP contribution in [-0.2, 0) is 24.4 Å². The summed E-state index contributed by atoms with van der Waals surface area (Å²) in [4.78, 5) is 0. The van der Waals surface area contributed by atoms with Crippen molar-refractivity contribution < 1.29 is 9.47 Å². The molecule has 0 aliphatic carbocycles. The first-order chi connectivity index (χ1) is 10.8. The second kappa shape index (κ2) is 8.44. The molecule has 0 saturated heterocycles. The highest BCUT2D eigenvalue weighted by Gasteiger charge is 2.05. The van der Waals surface area contributed by atoms with Crippen molar-refractivity contribution in [1.82, 2.24) is 9.78 Å². The van der Waals surface area contributed by atoms with Gasteiger partial charge < -0.3 is 14.8 Å². The van der Waals surface area contributed by atoms with E-state index in [0.717, 1.165) is 36.6 Å². The number of ether oxygens (including phenoxy) is 2. The summed E-state index contributed by atoms with van der Waals surface area (Å²) in [6.45, 7) is 7.07. The topological polar surface area (TPSA) is 48.3 Å². The highest BCUT2D eigenvalue weighted by molar-refractivity contribution is 5.39. The number of aromatic nitrogens is 2. The summed E-state index contributed by atoms with van der Waals surface area (Å²) < 4.78 is 12.8. The zero-order valence-corrected chi connectivity index (χ0v) is 13.6. The first-order valence-electron chi connectivity index (χ1n) is 7.77. The van der Waals surface area contributed by atoms with Gasteiger partial charge in [-0.05, 0) is 31.0 Å². The monoisotopic (exact) mass is 303 g/mol. The third-order valence-electron chi connectivity index (χ3n) is 3.37. The minimum Gasteiger partial charge on any atom is -0.496 e. The van der Waals surface area contributed by atoms with E-state index in [0.29, 0.717) is 13.2 Å². The number of methoxy groups -OCH3 is 1. The fraction of sp³-hybridized carbons (Fsp3) is 0.471. The van der Waals surface area contributed by atoms with Crippen LogP contribution in [0.2, 0.25) is 0 Å². The zero-order valence-electron chi connectivity index (χ0n) is 13.6. The predicted molar refractivity (Wildman–Crippen MR) is 88.2 cm³/mol. The smallest absolute Gasteiger partial charge is 0.148 e. The average molecular weight is 303 g/mol. The molecule has 0 amide bonds. The molecule has 22 heavy (non-hydrogen) atoms. The lowest BCUT2D eigenvalue weighted by Crippen LogP contribution is -2.04. The number of hydrogen-bond donors (Lipinski definition) is 1. The molecule has 5 heteroatoms. The molecular weight excluding hydrogens is 278 g/mol. The molecule has 1 aromatic heterocycles. The summed E-state index contributed by atoms with van der Waals surface area (Å²) in [5.41, 5.74) is 2.25. The van der Waals surface area contributed by atoms with E-state index in [-0.39, 0.29) is 0 Å². The van der Waals surface area contributed by atoms with Crippen LogP contribution in [0.4, 0.5) is 5.82 Å². The Morgan fingerprint density at radius 3 is 2.82 bits per heavy atom. The maximum Gasteiger partial charge on any atom is 0.148 e. The molecule has 0 atom stereocenters. The van der Waals surface area contributed by atoms with Crippen molar-refractivity contribution in [3.63, 3.8) is 0 Å². The summed E-state index contributed by atoms with van der Waals surface area (Å²) >= 11 is 0. The van der Waals surface area contributed by atoms with Crippen molar-refractivity contribution in [2.24, 2.45) is 0 Å². The molecule has 0 saturated carbocycles. The second-order valence-electron chi connectivity index (χ2n) is 5.10. The standard InChI is InChI=1S/C17H25N3O2/c1-4-9-20-10-8-17(19-20)18-12-14-6-7-16(21-3)15(11-14)13-22-5-2/h6-8,10-11H,4-5,9,12-13H2,1-3H3,(H,18,19). The second-order valence-corrected chi connectivity index (χ2v) is 5.10. The van der Waals surface area contributed by atoms with Crippen LogP contribution in [0.3, 0.4) is 0 Å². The number of rotatable bonds is 9. The summed E-state index contributed by atoms with van der Waals surface area (Å²) in [7, 11) is 1.68. The van der Waals surface area contributed by atoms with E-state index in [4.69, 9.17) is 9.47 Å². The van der Waals surface area contributed by atoms with Gasteiger partial charge in [0.2, 0.25) is 0 Å². The Balaban J connectivity index is 1.99. The van der Waals surface area contributed by atoms with Gasteiger partial charge in [-0.1, -0.05) is 13.0 Å². The molecule has 5 nitrogen and oxygen atoms in total. The van der Waals surface area contributed by atoms with Crippen LogP contribution in [0, 0.1) is 0 Å². The number of aryl methyl sites for hydroxylation is 1. The van der Waals surface area contributed by atoms with Gasteiger partial charge in [0.1, 0.15) is 11.6 Å². The van der Waals surface area contributed by atoms with E-state index in [1.807, 2.05) is 29.9 Å². The summed E-state index contributed by atoms with van der Waals surface area (Å²) in [6.07, 6.45) is 3.08. The molecule has 0 aliphatic heterocycles. The molecule has 0 bridgehead atoms. The number of hydrogen-bond acceptors (Lipinski definition) is 4. The highest BCUT2D eigenvalue weighted by Crippen LogP contribution is 2.21. The van der Waals surface area contributed by atoms with Gasteiger partial charge in [-0.15, -0.1) is 0 Å². The van der Waals surface area contributed by atoms with Gasteiger partial charge in [0.25, 0.3) is 0 Å². The molecule has 0 radical (unpaired) electrons. The Morgan fingerprint density at radius 1 is 1.23 bits per heavy atom. The Morgan fingerprint density at radius 2 is 2.09 bits per heavy atom. The molecule has 0 fully saturated rings. The normalized spacial score (nSPS) is 10.7. The summed E-state index contributed by atoms with van der Waals surface area (Å²) in [5.74, 6) is 1.76. The van der Waals surface area contributed by atoms with E-state index >= 15 is 0 Å². The Labute approximate surface area is 132 Å². The van der Waals surface area contributed by atoms with Gasteiger partial charge in [0.05, 0.1) is 13.7 Å². The summed E-state index contributed by atoms with van der Waals surface area (Å²) in [5, 5.41) is 7.82. The van der Waals surface area contributed by atoms with E-state index in [9.17, 15) is 0 Å². The molecule has 1 N–H and O–H groups in total. The number of anilines is 1. The zero-order chi connectivity index (χ0) is 15.8. The lowest BCUT2D eigenvalue weighted by molar-refractivity contribution is 0.132. The van der Waals surface area contributed by atoms with Crippen LogP contribution in [-0.4, -0.2) is 23.5 Å². The number of nitrogens with zero attached hydrogens (tertiary/aromatic N) is 2.